The van der Waals surface area contributed by atoms with Gasteiger partial charge in [-0.05, 0) is 78.9 Å². The third-order valence-corrected chi connectivity index (χ3v) is 6.66. The fourth-order valence-corrected chi connectivity index (χ4v) is 3.94. The number of likely N-dealkylation sites (N-methyl/N-ethyl adjacent to an activating group) is 1. The van der Waals surface area contributed by atoms with Gasteiger partial charge in [0.1, 0.15) is 11.4 Å². The Labute approximate surface area is 196 Å². The second-order valence-electron chi connectivity index (χ2n) is 11.0. The highest BCUT2D eigenvalue weighted by molar-refractivity contribution is 6.62. The zero-order chi connectivity index (χ0) is 24.8. The predicted octanol–water partition coefficient (Wildman–Crippen LogP) is 3.60. The van der Waals surface area contributed by atoms with E-state index in [9.17, 15) is 9.59 Å². The molecule has 33 heavy (non-hydrogen) atoms. The van der Waals surface area contributed by atoms with Crippen LogP contribution >= 0.6 is 0 Å². The van der Waals surface area contributed by atoms with E-state index in [1.54, 1.807) is 18.0 Å². The number of amides is 2. The minimum atomic E-state index is -0.699. The molecule has 1 aromatic carbocycles. The van der Waals surface area contributed by atoms with E-state index in [-0.39, 0.29) is 11.6 Å². The molecule has 0 unspecified atom stereocenters. The van der Waals surface area contributed by atoms with E-state index in [2.05, 4.69) is 0 Å². The fraction of sp³-hybridized carbons (Fsp3) is 0.667. The molecule has 2 fully saturated rings. The van der Waals surface area contributed by atoms with Crippen LogP contribution in [0, 0.1) is 5.82 Å². The quantitative estimate of drug-likeness (QED) is 0.643. The molecular weight excluding hydrogens is 426 g/mol. The average Bonchev–Trinajstić information content (AvgIpc) is 2.92. The smallest absolute Gasteiger partial charge is 0.444 e. The molecule has 0 N–H and O–H groups in total. The number of benzene rings is 1. The van der Waals surface area contributed by atoms with E-state index in [0.29, 0.717) is 18.6 Å². The van der Waals surface area contributed by atoms with Crippen LogP contribution in [0.1, 0.15) is 71.7 Å². The number of nitrogens with zero attached hydrogens (tertiary/aromatic N) is 2. The summed E-state index contributed by atoms with van der Waals surface area (Å²) in [5.74, 6) is -1.01. The van der Waals surface area contributed by atoms with Gasteiger partial charge in [-0.25, -0.2) is 9.18 Å². The summed E-state index contributed by atoms with van der Waals surface area (Å²) in [6.07, 6.45) is 1.04. The molecule has 0 aliphatic carbocycles. The molecule has 0 bridgehead atoms. The lowest BCUT2D eigenvalue weighted by Gasteiger charge is -2.38. The van der Waals surface area contributed by atoms with Crippen LogP contribution in [0.5, 0.6) is 0 Å². The first kappa shape index (κ1) is 25.5. The normalized spacial score (nSPS) is 22.3. The fourth-order valence-electron chi connectivity index (χ4n) is 3.94. The van der Waals surface area contributed by atoms with E-state index in [1.165, 1.54) is 17.0 Å². The minimum absolute atomic E-state index is 0.00385. The van der Waals surface area contributed by atoms with Crippen LogP contribution in [0.2, 0.25) is 0 Å². The summed E-state index contributed by atoms with van der Waals surface area (Å²) in [4.78, 5) is 28.7. The van der Waals surface area contributed by atoms with Gasteiger partial charge in [-0.15, -0.1) is 0 Å². The molecule has 2 aliphatic rings. The maximum absolute atomic E-state index is 15.0. The van der Waals surface area contributed by atoms with Gasteiger partial charge in [-0.3, -0.25) is 4.79 Å². The highest BCUT2D eigenvalue weighted by atomic mass is 19.1. The molecule has 0 radical (unpaired) electrons. The van der Waals surface area contributed by atoms with Crippen LogP contribution in [0.3, 0.4) is 0 Å². The van der Waals surface area contributed by atoms with E-state index in [0.717, 1.165) is 12.8 Å². The number of ether oxygens (including phenoxy) is 1. The van der Waals surface area contributed by atoms with Gasteiger partial charge in [0.05, 0.1) is 22.8 Å². The van der Waals surface area contributed by atoms with Crippen molar-refractivity contribution in [3.05, 3.63) is 29.6 Å². The summed E-state index contributed by atoms with van der Waals surface area (Å²) in [7, 11) is 0.975. The van der Waals surface area contributed by atoms with Gasteiger partial charge < -0.3 is 23.8 Å². The van der Waals surface area contributed by atoms with Gasteiger partial charge in [0.2, 0.25) is 0 Å². The van der Waals surface area contributed by atoms with E-state index in [4.69, 9.17) is 14.0 Å². The van der Waals surface area contributed by atoms with Crippen molar-refractivity contribution < 1.29 is 28.0 Å². The molecule has 2 saturated heterocycles. The van der Waals surface area contributed by atoms with E-state index >= 15 is 4.39 Å². The van der Waals surface area contributed by atoms with Crippen molar-refractivity contribution in [3.63, 3.8) is 0 Å². The lowest BCUT2D eigenvalue weighted by atomic mass is 9.78. The monoisotopic (exact) mass is 462 g/mol. The Kier molecular flexibility index (Phi) is 6.88. The molecule has 0 saturated carbocycles. The van der Waals surface area contributed by atoms with Crippen molar-refractivity contribution >= 4 is 24.6 Å². The average molecular weight is 462 g/mol. The predicted molar refractivity (Wildman–Crippen MR) is 125 cm³/mol. The molecule has 182 valence electrons. The Hall–Kier alpha value is -2.13. The Morgan fingerprint density at radius 2 is 1.79 bits per heavy atom. The molecule has 7 nitrogen and oxygen atoms in total. The van der Waals surface area contributed by atoms with Gasteiger partial charge in [-0.1, -0.05) is 6.07 Å². The first-order valence-corrected chi connectivity index (χ1v) is 11.5. The van der Waals surface area contributed by atoms with Crippen molar-refractivity contribution in [2.45, 2.75) is 84.2 Å². The van der Waals surface area contributed by atoms with Gasteiger partial charge in [0.25, 0.3) is 5.91 Å². The molecule has 9 heteroatoms. The third kappa shape index (κ3) is 5.52. The summed E-state index contributed by atoms with van der Waals surface area (Å²) in [6.45, 7) is 14.0. The third-order valence-electron chi connectivity index (χ3n) is 6.66. The summed E-state index contributed by atoms with van der Waals surface area (Å²) in [6, 6.07) is 4.28. The molecule has 2 amide bonds. The Bertz CT molecular complexity index is 899. The highest BCUT2D eigenvalue weighted by Crippen LogP contribution is 2.36. The summed E-state index contributed by atoms with van der Waals surface area (Å²) in [5, 5.41) is 0. The molecule has 2 heterocycles. The second-order valence-corrected chi connectivity index (χ2v) is 11.0. The van der Waals surface area contributed by atoms with Crippen molar-refractivity contribution in [3.8, 4) is 0 Å². The zero-order valence-corrected chi connectivity index (χ0v) is 21.0. The largest absolute Gasteiger partial charge is 0.494 e. The summed E-state index contributed by atoms with van der Waals surface area (Å²) in [5.41, 5.74) is -1.14. The van der Waals surface area contributed by atoms with Crippen molar-refractivity contribution in [1.82, 2.24) is 9.80 Å². The summed E-state index contributed by atoms with van der Waals surface area (Å²) < 4.78 is 32.4. The van der Waals surface area contributed by atoms with Gasteiger partial charge in [0.15, 0.2) is 0 Å². The van der Waals surface area contributed by atoms with Gasteiger partial charge in [-0.2, -0.15) is 0 Å². The van der Waals surface area contributed by atoms with Crippen LogP contribution in [0.4, 0.5) is 9.18 Å². The standard InChI is InChI=1S/C24H36BFN2O5/c1-22(2,3)31-21(30)27(8)17-10-9-13-28(15-17)20(29)18-12-11-16(14-19(18)26)25-32-23(4,5)24(6,7)33-25/h11-12,14,17H,9-10,13,15H2,1-8H3/t17-/m1/s1. The van der Waals surface area contributed by atoms with Crippen molar-refractivity contribution in [1.29, 1.82) is 0 Å². The Balaban J connectivity index is 1.70. The molecule has 0 aromatic heterocycles. The highest BCUT2D eigenvalue weighted by Gasteiger charge is 2.51. The lowest BCUT2D eigenvalue weighted by molar-refractivity contribution is 0.00578. The van der Waals surface area contributed by atoms with Crippen LogP contribution in [-0.2, 0) is 14.0 Å². The van der Waals surface area contributed by atoms with E-state index in [1.807, 2.05) is 48.5 Å². The number of hydrogen-bond donors (Lipinski definition) is 0. The van der Waals surface area contributed by atoms with Crippen LogP contribution in [0.25, 0.3) is 0 Å². The molecule has 2 aliphatic heterocycles. The topological polar surface area (TPSA) is 68.3 Å². The SMILES string of the molecule is CN(C(=O)OC(C)(C)C)[C@@H]1CCCN(C(=O)c2ccc(B3OC(C)(C)C(C)(C)O3)cc2F)C1. The summed E-state index contributed by atoms with van der Waals surface area (Å²) >= 11 is 0. The van der Waals surface area contributed by atoms with Gasteiger partial charge >= 0.3 is 13.2 Å². The molecule has 0 spiro atoms. The minimum Gasteiger partial charge on any atom is -0.444 e. The van der Waals surface area contributed by atoms with E-state index < -0.39 is 41.7 Å². The van der Waals surface area contributed by atoms with Crippen LogP contribution in [-0.4, -0.2) is 71.9 Å². The first-order valence-electron chi connectivity index (χ1n) is 11.5. The molecule has 1 aromatic rings. The van der Waals surface area contributed by atoms with Crippen molar-refractivity contribution in [2.75, 3.05) is 20.1 Å². The number of carbonyl (C=O) groups is 2. The number of likely N-dealkylation sites (tertiary alicyclic amines) is 1. The van der Waals surface area contributed by atoms with Crippen molar-refractivity contribution in [2.24, 2.45) is 0 Å². The maximum Gasteiger partial charge on any atom is 0.494 e. The number of carbonyl (C=O) groups excluding carboxylic acids is 2. The Morgan fingerprint density at radius 1 is 1.18 bits per heavy atom. The second kappa shape index (κ2) is 8.91. The Morgan fingerprint density at radius 3 is 2.33 bits per heavy atom. The number of halogens is 1. The molecule has 3 rings (SSSR count). The maximum atomic E-state index is 15.0. The van der Waals surface area contributed by atoms with Crippen LogP contribution < -0.4 is 5.46 Å². The number of rotatable bonds is 3. The lowest BCUT2D eigenvalue weighted by Crippen LogP contribution is -2.51. The molecule has 1 atom stereocenters. The first-order chi connectivity index (χ1) is 15.1. The zero-order valence-electron chi connectivity index (χ0n) is 21.0. The number of hydrogen-bond acceptors (Lipinski definition) is 5. The van der Waals surface area contributed by atoms with Crippen LogP contribution in [0.15, 0.2) is 18.2 Å². The molecular formula is C24H36BFN2O5. The number of piperidine rings is 1. The van der Waals surface area contributed by atoms with Gasteiger partial charge in [0, 0.05) is 20.1 Å².